The van der Waals surface area contributed by atoms with Crippen molar-refractivity contribution in [1.82, 2.24) is 20.2 Å². The van der Waals surface area contributed by atoms with Gasteiger partial charge in [-0.05, 0) is 24.3 Å². The van der Waals surface area contributed by atoms with Crippen LogP contribution in [0.15, 0.2) is 42.6 Å². The van der Waals surface area contributed by atoms with E-state index in [1.807, 2.05) is 0 Å². The van der Waals surface area contributed by atoms with Crippen molar-refractivity contribution in [2.45, 2.75) is 0 Å². The summed E-state index contributed by atoms with van der Waals surface area (Å²) in [5.41, 5.74) is 0.565. The van der Waals surface area contributed by atoms with Crippen molar-refractivity contribution >= 4 is 11.9 Å². The van der Waals surface area contributed by atoms with Crippen LogP contribution in [-0.2, 0) is 4.79 Å². The largest absolute Gasteiger partial charge is 0.481 e. The summed E-state index contributed by atoms with van der Waals surface area (Å²) in [5, 5.41) is 10.0. The predicted octanol–water partition coefficient (Wildman–Crippen LogP) is 2.16. The van der Waals surface area contributed by atoms with Crippen molar-refractivity contribution in [2.75, 3.05) is 11.9 Å². The molecule has 0 spiro atoms. The van der Waals surface area contributed by atoms with Crippen LogP contribution in [0.2, 0.25) is 0 Å². The summed E-state index contributed by atoms with van der Waals surface area (Å²) in [5.74, 6) is -1.94. The number of benzene rings is 1. The Kier molecular flexibility index (Phi) is 4.41. The molecule has 0 radical (unpaired) electrons. The molecule has 9 heteroatoms. The van der Waals surface area contributed by atoms with Crippen LogP contribution in [0.5, 0.6) is 5.75 Å². The van der Waals surface area contributed by atoms with E-state index in [1.54, 1.807) is 24.4 Å². The van der Waals surface area contributed by atoms with Gasteiger partial charge in [0.05, 0.1) is 0 Å². The molecule has 3 aromatic rings. The third-order valence-electron chi connectivity index (χ3n) is 2.90. The third kappa shape index (κ3) is 3.69. The zero-order valence-electron chi connectivity index (χ0n) is 12.2. The van der Waals surface area contributed by atoms with E-state index in [1.165, 1.54) is 0 Å². The van der Waals surface area contributed by atoms with Crippen LogP contribution in [0.1, 0.15) is 0 Å². The van der Waals surface area contributed by atoms with Gasteiger partial charge in [0, 0.05) is 12.3 Å². The lowest BCUT2D eigenvalue weighted by molar-refractivity contribution is -0.118. The summed E-state index contributed by atoms with van der Waals surface area (Å²) >= 11 is 0. The third-order valence-corrected chi connectivity index (χ3v) is 2.90. The monoisotopic (exact) mass is 331 g/mol. The molecule has 7 nitrogen and oxygen atoms in total. The highest BCUT2D eigenvalue weighted by atomic mass is 19.1. The molecule has 2 heterocycles. The lowest BCUT2D eigenvalue weighted by atomic mass is 10.3. The summed E-state index contributed by atoms with van der Waals surface area (Å²) in [4.78, 5) is 18.6. The molecule has 1 amide bonds. The molecule has 2 N–H and O–H groups in total. The number of aromatic nitrogens is 4. The number of halogens is 2. The number of hydrogen-bond donors (Lipinski definition) is 2. The van der Waals surface area contributed by atoms with Gasteiger partial charge in [-0.2, -0.15) is 0 Å². The number of aromatic amines is 1. The molecule has 3 rings (SSSR count). The van der Waals surface area contributed by atoms with Crippen LogP contribution in [0.25, 0.3) is 11.5 Å². The Morgan fingerprint density at radius 2 is 2.08 bits per heavy atom. The Bertz CT molecular complexity index is 854. The Morgan fingerprint density at radius 1 is 1.21 bits per heavy atom. The number of H-pyrrole nitrogens is 1. The maximum absolute atomic E-state index is 13.4. The van der Waals surface area contributed by atoms with Crippen LogP contribution in [0, 0.1) is 11.6 Å². The second-order valence-electron chi connectivity index (χ2n) is 4.65. The van der Waals surface area contributed by atoms with E-state index in [0.29, 0.717) is 17.6 Å². The van der Waals surface area contributed by atoms with Gasteiger partial charge in [-0.3, -0.25) is 15.1 Å². The van der Waals surface area contributed by atoms with Crippen molar-refractivity contribution < 1.29 is 18.3 Å². The number of carbonyl (C=O) groups excluding carboxylic acids is 1. The molecule has 122 valence electrons. The average Bonchev–Trinajstić information content (AvgIpc) is 3.03. The number of nitrogens with zero attached hydrogens (tertiary/aromatic N) is 3. The molecular weight excluding hydrogens is 320 g/mol. The Labute approximate surface area is 134 Å². The highest BCUT2D eigenvalue weighted by Gasteiger charge is 2.11. The summed E-state index contributed by atoms with van der Waals surface area (Å²) in [6, 6.07) is 8.08. The summed E-state index contributed by atoms with van der Waals surface area (Å²) in [6.07, 6.45) is 1.60. The van der Waals surface area contributed by atoms with E-state index in [-0.39, 0.29) is 11.7 Å². The van der Waals surface area contributed by atoms with Gasteiger partial charge in [0.25, 0.3) is 5.91 Å². The molecule has 0 aliphatic carbocycles. The molecule has 1 aromatic carbocycles. The molecule has 0 fully saturated rings. The number of rotatable bonds is 5. The van der Waals surface area contributed by atoms with Gasteiger partial charge in [0.15, 0.2) is 24.0 Å². The fourth-order valence-electron chi connectivity index (χ4n) is 1.84. The normalized spacial score (nSPS) is 10.4. The molecule has 0 atom stereocenters. The van der Waals surface area contributed by atoms with Gasteiger partial charge < -0.3 is 9.72 Å². The van der Waals surface area contributed by atoms with Crippen molar-refractivity contribution in [3.8, 4) is 17.3 Å². The van der Waals surface area contributed by atoms with Gasteiger partial charge in [0.1, 0.15) is 11.5 Å². The second-order valence-corrected chi connectivity index (χ2v) is 4.65. The van der Waals surface area contributed by atoms with Crippen LogP contribution in [0.4, 0.5) is 14.7 Å². The molecule has 0 aliphatic rings. The van der Waals surface area contributed by atoms with Crippen LogP contribution in [0.3, 0.4) is 0 Å². The first-order chi connectivity index (χ1) is 11.6. The first kappa shape index (κ1) is 15.5. The minimum atomic E-state index is -0.889. The number of hydrogen-bond acceptors (Lipinski definition) is 5. The summed E-state index contributed by atoms with van der Waals surface area (Å²) in [7, 11) is 0. The number of amides is 1. The molecule has 0 saturated carbocycles. The summed E-state index contributed by atoms with van der Waals surface area (Å²) in [6.45, 7) is -0.470. The van der Waals surface area contributed by atoms with Gasteiger partial charge in [-0.15, -0.1) is 10.2 Å². The van der Waals surface area contributed by atoms with E-state index < -0.39 is 24.1 Å². The van der Waals surface area contributed by atoms with Crippen molar-refractivity contribution in [3.63, 3.8) is 0 Å². The minimum absolute atomic E-state index is 0.101. The lowest BCUT2D eigenvalue weighted by Gasteiger charge is -2.06. The first-order valence-corrected chi connectivity index (χ1v) is 6.83. The van der Waals surface area contributed by atoms with E-state index in [2.05, 4.69) is 25.5 Å². The molecular formula is C15H11F2N5O2. The van der Waals surface area contributed by atoms with Gasteiger partial charge in [-0.25, -0.2) is 8.78 Å². The molecule has 0 unspecified atom stereocenters. The van der Waals surface area contributed by atoms with Gasteiger partial charge >= 0.3 is 0 Å². The topological polar surface area (TPSA) is 92.8 Å². The number of nitrogens with one attached hydrogen (secondary N) is 2. The fraction of sp³-hybridized carbons (Fsp3) is 0.0667. The Morgan fingerprint density at radius 3 is 2.83 bits per heavy atom. The SMILES string of the molecule is O=C(COc1ccc(F)cc1F)Nc1nnc(-c2ccccn2)[nH]1. The molecule has 0 bridgehead atoms. The number of anilines is 1. The van der Waals surface area contributed by atoms with Crippen LogP contribution in [-0.4, -0.2) is 32.7 Å². The van der Waals surface area contributed by atoms with Crippen LogP contribution < -0.4 is 10.1 Å². The second kappa shape index (κ2) is 6.82. The lowest BCUT2D eigenvalue weighted by Crippen LogP contribution is -2.21. The Hall–Kier alpha value is -3.36. The zero-order valence-corrected chi connectivity index (χ0v) is 12.2. The number of ether oxygens (including phenoxy) is 1. The first-order valence-electron chi connectivity index (χ1n) is 6.83. The standard InChI is InChI=1S/C15H11F2N5O2/c16-9-4-5-12(10(17)7-9)24-8-13(23)19-15-20-14(21-22-15)11-3-1-2-6-18-11/h1-7H,8H2,(H2,19,20,21,22,23). The van der Waals surface area contributed by atoms with E-state index >= 15 is 0 Å². The van der Waals surface area contributed by atoms with Gasteiger partial charge in [-0.1, -0.05) is 6.07 Å². The minimum Gasteiger partial charge on any atom is -0.481 e. The van der Waals surface area contributed by atoms with Crippen molar-refractivity contribution in [2.24, 2.45) is 0 Å². The van der Waals surface area contributed by atoms with Gasteiger partial charge in [0.2, 0.25) is 5.95 Å². The van der Waals surface area contributed by atoms with Crippen molar-refractivity contribution in [1.29, 1.82) is 0 Å². The Balaban J connectivity index is 1.58. The highest BCUT2D eigenvalue weighted by molar-refractivity contribution is 5.90. The fourth-order valence-corrected chi connectivity index (χ4v) is 1.84. The zero-order chi connectivity index (χ0) is 16.9. The molecule has 24 heavy (non-hydrogen) atoms. The maximum atomic E-state index is 13.4. The number of carbonyl (C=O) groups is 1. The predicted molar refractivity (Wildman–Crippen MR) is 80.1 cm³/mol. The van der Waals surface area contributed by atoms with E-state index in [4.69, 9.17) is 4.74 Å². The highest BCUT2D eigenvalue weighted by Crippen LogP contribution is 2.17. The maximum Gasteiger partial charge on any atom is 0.264 e. The van der Waals surface area contributed by atoms with E-state index in [9.17, 15) is 13.6 Å². The number of pyridine rings is 1. The molecule has 0 saturated heterocycles. The average molecular weight is 331 g/mol. The van der Waals surface area contributed by atoms with Crippen molar-refractivity contribution in [3.05, 3.63) is 54.2 Å². The quantitative estimate of drug-likeness (QED) is 0.747. The van der Waals surface area contributed by atoms with E-state index in [0.717, 1.165) is 12.1 Å². The van der Waals surface area contributed by atoms with Crippen LogP contribution >= 0.6 is 0 Å². The summed E-state index contributed by atoms with van der Waals surface area (Å²) < 4.78 is 31.2. The molecule has 0 aliphatic heterocycles. The smallest absolute Gasteiger partial charge is 0.264 e. The molecule has 2 aromatic heterocycles.